The Kier molecular flexibility index (Phi) is 6.15. The summed E-state index contributed by atoms with van der Waals surface area (Å²) in [7, 11) is -3.87. The zero-order chi connectivity index (χ0) is 23.2. The van der Waals surface area contributed by atoms with E-state index in [2.05, 4.69) is 14.1 Å². The van der Waals surface area contributed by atoms with Gasteiger partial charge in [0.1, 0.15) is 11.5 Å². The van der Waals surface area contributed by atoms with Crippen molar-refractivity contribution in [2.24, 2.45) is 26.5 Å². The fourth-order valence-corrected chi connectivity index (χ4v) is 6.83. The lowest BCUT2D eigenvalue weighted by atomic mass is 9.82. The van der Waals surface area contributed by atoms with Crippen LogP contribution in [0.5, 0.6) is 0 Å². The van der Waals surface area contributed by atoms with Crippen LogP contribution in [-0.4, -0.2) is 44.9 Å². The molecule has 33 heavy (non-hydrogen) atoms. The quantitative estimate of drug-likeness (QED) is 0.570. The minimum atomic E-state index is -3.87. The number of nitrogens with one attached hydrogen (secondary N) is 1. The number of carbonyl (C=O) groups is 2. The van der Waals surface area contributed by atoms with Gasteiger partial charge >= 0.3 is 10.2 Å². The fourth-order valence-electron chi connectivity index (χ4n) is 4.63. The number of ether oxygens (including phenoxy) is 1. The van der Waals surface area contributed by atoms with Gasteiger partial charge in [-0.25, -0.2) is 0 Å². The van der Waals surface area contributed by atoms with Gasteiger partial charge in [0.2, 0.25) is 5.90 Å². The predicted molar refractivity (Wildman–Crippen MR) is 126 cm³/mol. The van der Waals surface area contributed by atoms with Crippen molar-refractivity contribution in [1.29, 1.82) is 0 Å². The molecule has 178 valence electrons. The molecule has 1 amide bonds. The molecule has 2 heterocycles. The summed E-state index contributed by atoms with van der Waals surface area (Å²) >= 11 is 1.61. The molecule has 1 N–H and O–H groups in total. The topological polar surface area (TPSA) is 114 Å². The molecule has 4 aliphatic rings. The molecule has 0 saturated heterocycles. The summed E-state index contributed by atoms with van der Waals surface area (Å²) in [6.45, 7) is 2.78. The molecule has 5 rings (SSSR count). The molecule has 1 aliphatic heterocycles. The van der Waals surface area contributed by atoms with Crippen molar-refractivity contribution in [3.8, 4) is 0 Å². The second kappa shape index (κ2) is 8.94. The second-order valence-corrected chi connectivity index (χ2v) is 12.0. The molecule has 1 unspecified atom stereocenters. The third-order valence-electron chi connectivity index (χ3n) is 6.71. The van der Waals surface area contributed by atoms with Crippen molar-refractivity contribution >= 4 is 44.8 Å². The van der Waals surface area contributed by atoms with Crippen LogP contribution in [0.2, 0.25) is 0 Å². The number of aryl methyl sites for hydroxylation is 1. The third kappa shape index (κ3) is 5.21. The maximum Gasteiger partial charge on any atom is 0.366 e. The Morgan fingerprint density at radius 3 is 2.61 bits per heavy atom. The first-order valence-corrected chi connectivity index (χ1v) is 14.1. The van der Waals surface area contributed by atoms with Crippen molar-refractivity contribution in [3.63, 3.8) is 0 Å². The SMILES string of the molecule is CCOC1=NS(=O)(=O)N=C1CC1CCc2sc(CC(=O)C3CC3)c(C(=O)NCC3CC3)c2C1. The zero-order valence-corrected chi connectivity index (χ0v) is 20.4. The molecule has 0 radical (unpaired) electrons. The number of nitrogens with zero attached hydrogens (tertiary/aromatic N) is 2. The van der Waals surface area contributed by atoms with Crippen LogP contribution < -0.4 is 5.32 Å². The smallest absolute Gasteiger partial charge is 0.366 e. The van der Waals surface area contributed by atoms with E-state index in [1.165, 1.54) is 4.88 Å². The zero-order valence-electron chi connectivity index (χ0n) is 18.8. The van der Waals surface area contributed by atoms with Gasteiger partial charge in [0.15, 0.2) is 0 Å². The van der Waals surface area contributed by atoms with Crippen molar-refractivity contribution in [3.05, 3.63) is 20.9 Å². The Morgan fingerprint density at radius 2 is 1.91 bits per heavy atom. The highest BCUT2D eigenvalue weighted by Crippen LogP contribution is 2.40. The van der Waals surface area contributed by atoms with Crippen LogP contribution in [0.3, 0.4) is 0 Å². The summed E-state index contributed by atoms with van der Waals surface area (Å²) in [5, 5.41) is 3.09. The standard InChI is InChI=1S/C23H29N3O5S2/c1-2-31-23-17(25-33(29,30)26-23)10-14-5-8-19-16(9-14)21(22(28)24-12-13-3-4-13)20(32-19)11-18(27)15-6-7-15/h13-15H,2-12H2,1H3,(H,24,28). The summed E-state index contributed by atoms with van der Waals surface area (Å²) in [5.41, 5.74) is 2.08. The lowest BCUT2D eigenvalue weighted by molar-refractivity contribution is -0.119. The van der Waals surface area contributed by atoms with Crippen LogP contribution >= 0.6 is 11.3 Å². The Balaban J connectivity index is 1.37. The number of fused-ring (bicyclic) bond motifs is 1. The predicted octanol–water partition coefficient (Wildman–Crippen LogP) is 3.04. The lowest BCUT2D eigenvalue weighted by Gasteiger charge is -2.23. The first kappa shape index (κ1) is 22.7. The molecule has 1 atom stereocenters. The molecular formula is C23H29N3O5S2. The minimum Gasteiger partial charge on any atom is -0.476 e. The highest BCUT2D eigenvalue weighted by atomic mass is 32.2. The van der Waals surface area contributed by atoms with Gasteiger partial charge in [-0.1, -0.05) is 0 Å². The summed E-state index contributed by atoms with van der Waals surface area (Å²) in [6.07, 6.45) is 7.36. The van der Waals surface area contributed by atoms with Crippen molar-refractivity contribution in [2.75, 3.05) is 13.2 Å². The number of hydrogen-bond acceptors (Lipinski definition) is 6. The molecule has 0 bridgehead atoms. The van der Waals surface area contributed by atoms with Gasteiger partial charge in [-0.15, -0.1) is 20.1 Å². The van der Waals surface area contributed by atoms with E-state index >= 15 is 0 Å². The molecule has 2 fully saturated rings. The maximum absolute atomic E-state index is 13.2. The second-order valence-electron chi connectivity index (χ2n) is 9.50. The molecular weight excluding hydrogens is 462 g/mol. The summed E-state index contributed by atoms with van der Waals surface area (Å²) in [5.74, 6) is 1.13. The van der Waals surface area contributed by atoms with E-state index in [4.69, 9.17) is 4.74 Å². The molecule has 2 saturated carbocycles. The lowest BCUT2D eigenvalue weighted by Crippen LogP contribution is -2.29. The van der Waals surface area contributed by atoms with E-state index in [-0.39, 0.29) is 29.4 Å². The average Bonchev–Trinajstić information content (AvgIpc) is 3.67. The van der Waals surface area contributed by atoms with Crippen LogP contribution in [0, 0.1) is 17.8 Å². The molecule has 0 aromatic carbocycles. The van der Waals surface area contributed by atoms with E-state index in [0.717, 1.165) is 49.0 Å². The van der Waals surface area contributed by atoms with Gasteiger partial charge in [-0.05, 0) is 75.7 Å². The highest BCUT2D eigenvalue weighted by molar-refractivity contribution is 7.89. The average molecular weight is 492 g/mol. The van der Waals surface area contributed by atoms with Gasteiger partial charge in [-0.3, -0.25) is 9.59 Å². The fraction of sp³-hybridized carbons (Fsp3) is 0.652. The van der Waals surface area contributed by atoms with Gasteiger partial charge < -0.3 is 10.1 Å². The van der Waals surface area contributed by atoms with Gasteiger partial charge in [-0.2, -0.15) is 8.42 Å². The molecule has 0 spiro atoms. The van der Waals surface area contributed by atoms with Gasteiger partial charge in [0.05, 0.1) is 12.2 Å². The van der Waals surface area contributed by atoms with E-state index in [1.807, 2.05) is 0 Å². The van der Waals surface area contributed by atoms with E-state index in [0.29, 0.717) is 49.6 Å². The van der Waals surface area contributed by atoms with Crippen LogP contribution in [0.25, 0.3) is 0 Å². The van der Waals surface area contributed by atoms with Crippen molar-refractivity contribution in [1.82, 2.24) is 5.32 Å². The minimum absolute atomic E-state index is 0.0731. The monoisotopic (exact) mass is 491 g/mol. The van der Waals surface area contributed by atoms with Crippen LogP contribution in [0.15, 0.2) is 8.80 Å². The Hall–Kier alpha value is -2.07. The maximum atomic E-state index is 13.2. The molecule has 1 aromatic heterocycles. The van der Waals surface area contributed by atoms with Crippen LogP contribution in [0.1, 0.15) is 71.1 Å². The van der Waals surface area contributed by atoms with E-state index in [9.17, 15) is 18.0 Å². The van der Waals surface area contributed by atoms with Gasteiger partial charge in [0, 0.05) is 28.6 Å². The normalized spacial score (nSPS) is 23.5. The number of amides is 1. The van der Waals surface area contributed by atoms with Crippen molar-refractivity contribution in [2.45, 2.75) is 64.7 Å². The highest BCUT2D eigenvalue weighted by Gasteiger charge is 2.35. The number of carbonyl (C=O) groups excluding carboxylic acids is 2. The van der Waals surface area contributed by atoms with E-state index in [1.54, 1.807) is 18.3 Å². The molecule has 10 heteroatoms. The number of hydrogen-bond donors (Lipinski definition) is 1. The first-order valence-electron chi connectivity index (χ1n) is 11.8. The molecule has 3 aliphatic carbocycles. The number of ketones is 1. The Labute approximate surface area is 198 Å². The summed E-state index contributed by atoms with van der Waals surface area (Å²) in [4.78, 5) is 27.9. The number of rotatable bonds is 9. The summed E-state index contributed by atoms with van der Waals surface area (Å²) < 4.78 is 36.6. The third-order valence-corrected chi connectivity index (χ3v) is 8.85. The van der Waals surface area contributed by atoms with Gasteiger partial charge in [0.25, 0.3) is 5.91 Å². The molecule has 8 nitrogen and oxygen atoms in total. The van der Waals surface area contributed by atoms with Crippen LogP contribution in [0.4, 0.5) is 0 Å². The Morgan fingerprint density at radius 1 is 1.12 bits per heavy atom. The Bertz CT molecular complexity index is 1140. The number of thiophene rings is 1. The number of Topliss-reactive ketones (excluding diaryl/α,β-unsaturated/α-hetero) is 1. The summed E-state index contributed by atoms with van der Waals surface area (Å²) in [6, 6.07) is 0. The molecule has 1 aromatic rings. The largest absolute Gasteiger partial charge is 0.476 e. The first-order chi connectivity index (χ1) is 15.8. The van der Waals surface area contributed by atoms with Crippen molar-refractivity contribution < 1.29 is 22.7 Å². The van der Waals surface area contributed by atoms with E-state index < -0.39 is 10.2 Å². The van der Waals surface area contributed by atoms with Crippen LogP contribution in [-0.2, 0) is 39.0 Å².